The third-order valence-electron chi connectivity index (χ3n) is 4.41. The molecule has 3 rings (SSSR count). The highest BCUT2D eigenvalue weighted by atomic mass is 32.2. The van der Waals surface area contributed by atoms with Crippen LogP contribution in [0.2, 0.25) is 0 Å². The van der Waals surface area contributed by atoms with E-state index in [0.29, 0.717) is 15.6 Å². The van der Waals surface area contributed by atoms with Gasteiger partial charge in [-0.1, -0.05) is 29.5 Å². The molecule has 0 aliphatic heterocycles. The van der Waals surface area contributed by atoms with Gasteiger partial charge in [-0.25, -0.2) is 9.59 Å². The average molecular weight is 461 g/mol. The van der Waals surface area contributed by atoms with Crippen molar-refractivity contribution < 1.29 is 19.1 Å². The Bertz CT molecular complexity index is 1090. The standard InChI is InChI=1S/C21H24N4O4S2/c1-5-28-19(26)16-15(17(31-18(16)22)20(27)29-6-2)11-30-21-24-23-13(4)25(21)14-9-7-12(3)8-10-14/h7-10H,5-6,11,22H2,1-4H3. The zero-order valence-corrected chi connectivity index (χ0v) is 19.4. The van der Waals surface area contributed by atoms with E-state index in [1.54, 1.807) is 13.8 Å². The van der Waals surface area contributed by atoms with E-state index in [9.17, 15) is 9.59 Å². The smallest absolute Gasteiger partial charge is 0.348 e. The first kappa shape index (κ1) is 22.8. The second-order valence-corrected chi connectivity index (χ2v) is 8.57. The minimum absolute atomic E-state index is 0.205. The number of nitrogens with two attached hydrogens (primary N) is 1. The topological polar surface area (TPSA) is 109 Å². The summed E-state index contributed by atoms with van der Waals surface area (Å²) >= 11 is 2.39. The molecule has 0 aliphatic carbocycles. The molecule has 0 unspecified atom stereocenters. The van der Waals surface area contributed by atoms with E-state index in [0.717, 1.165) is 28.4 Å². The summed E-state index contributed by atoms with van der Waals surface area (Å²) in [7, 11) is 0. The third kappa shape index (κ3) is 4.91. The molecule has 0 aliphatic rings. The summed E-state index contributed by atoms with van der Waals surface area (Å²) in [6, 6.07) is 8.01. The van der Waals surface area contributed by atoms with E-state index in [-0.39, 0.29) is 29.5 Å². The summed E-state index contributed by atoms with van der Waals surface area (Å²) < 4.78 is 12.2. The fraction of sp³-hybridized carbons (Fsp3) is 0.333. The van der Waals surface area contributed by atoms with Gasteiger partial charge in [0.25, 0.3) is 0 Å². The maximum absolute atomic E-state index is 12.5. The first-order chi connectivity index (χ1) is 14.9. The maximum Gasteiger partial charge on any atom is 0.348 e. The van der Waals surface area contributed by atoms with Gasteiger partial charge in [0.15, 0.2) is 5.16 Å². The molecular weight excluding hydrogens is 436 g/mol. The molecule has 2 N–H and O–H groups in total. The summed E-state index contributed by atoms with van der Waals surface area (Å²) in [4.78, 5) is 25.3. The van der Waals surface area contributed by atoms with Crippen LogP contribution in [0.5, 0.6) is 0 Å². The fourth-order valence-electron chi connectivity index (χ4n) is 2.98. The molecule has 8 nitrogen and oxygen atoms in total. The molecule has 164 valence electrons. The van der Waals surface area contributed by atoms with E-state index in [1.165, 1.54) is 11.8 Å². The largest absolute Gasteiger partial charge is 0.462 e. The Labute approximate surface area is 188 Å². The number of thiophene rings is 1. The van der Waals surface area contributed by atoms with Gasteiger partial charge in [-0.15, -0.1) is 21.5 Å². The van der Waals surface area contributed by atoms with Crippen LogP contribution in [0.25, 0.3) is 5.69 Å². The number of aryl methyl sites for hydroxylation is 2. The lowest BCUT2D eigenvalue weighted by Crippen LogP contribution is -2.11. The normalized spacial score (nSPS) is 10.8. The van der Waals surface area contributed by atoms with Crippen LogP contribution in [0.4, 0.5) is 5.00 Å². The molecule has 0 atom stereocenters. The Balaban J connectivity index is 1.97. The maximum atomic E-state index is 12.5. The van der Waals surface area contributed by atoms with Gasteiger partial charge in [0.2, 0.25) is 0 Å². The molecule has 0 spiro atoms. The number of rotatable bonds is 8. The number of carbonyl (C=O) groups excluding carboxylic acids is 2. The molecule has 1 aromatic carbocycles. The molecule has 0 fully saturated rings. The summed E-state index contributed by atoms with van der Waals surface area (Å²) in [6.45, 7) is 7.76. The number of nitrogen functional groups attached to an aromatic ring is 1. The number of benzene rings is 1. The molecule has 0 amide bonds. The van der Waals surface area contributed by atoms with Crippen LogP contribution in [0.15, 0.2) is 29.4 Å². The summed E-state index contributed by atoms with van der Waals surface area (Å²) in [5.74, 6) is -0.0625. The fourth-order valence-corrected chi connectivity index (χ4v) is 5.06. The minimum atomic E-state index is -0.557. The number of thioether (sulfide) groups is 1. The number of nitrogens with zero attached hydrogens (tertiary/aromatic N) is 3. The monoisotopic (exact) mass is 460 g/mol. The number of hydrogen-bond acceptors (Lipinski definition) is 9. The SMILES string of the molecule is CCOC(=O)c1sc(N)c(C(=O)OCC)c1CSc1nnc(C)n1-c1ccc(C)cc1. The summed E-state index contributed by atoms with van der Waals surface area (Å²) in [6.07, 6.45) is 0. The van der Waals surface area contributed by atoms with Gasteiger partial charge >= 0.3 is 11.9 Å². The molecule has 31 heavy (non-hydrogen) atoms. The lowest BCUT2D eigenvalue weighted by Gasteiger charge is -2.10. The molecule has 10 heteroatoms. The van der Waals surface area contributed by atoms with Crippen molar-refractivity contribution in [2.24, 2.45) is 0 Å². The van der Waals surface area contributed by atoms with Crippen molar-refractivity contribution >= 4 is 40.0 Å². The predicted octanol–water partition coefficient (Wildman–Crippen LogP) is 4.17. The van der Waals surface area contributed by atoms with Gasteiger partial charge in [0.05, 0.1) is 18.8 Å². The Morgan fingerprint density at radius 1 is 1.06 bits per heavy atom. The third-order valence-corrected chi connectivity index (χ3v) is 6.40. The highest BCUT2D eigenvalue weighted by Gasteiger charge is 2.28. The minimum Gasteiger partial charge on any atom is -0.462 e. The Morgan fingerprint density at radius 3 is 2.35 bits per heavy atom. The molecular formula is C21H24N4O4S2. The lowest BCUT2D eigenvalue weighted by atomic mass is 10.1. The number of aromatic nitrogens is 3. The van der Waals surface area contributed by atoms with Crippen molar-refractivity contribution in [2.45, 2.75) is 38.6 Å². The van der Waals surface area contributed by atoms with Gasteiger partial charge in [-0.05, 0) is 39.8 Å². The van der Waals surface area contributed by atoms with Crippen LogP contribution in [0, 0.1) is 13.8 Å². The number of ether oxygens (including phenoxy) is 2. The predicted molar refractivity (Wildman–Crippen MR) is 121 cm³/mol. The van der Waals surface area contributed by atoms with E-state index in [4.69, 9.17) is 15.2 Å². The van der Waals surface area contributed by atoms with Crippen LogP contribution >= 0.6 is 23.1 Å². The van der Waals surface area contributed by atoms with E-state index in [2.05, 4.69) is 10.2 Å². The molecule has 0 saturated carbocycles. The van der Waals surface area contributed by atoms with Crippen molar-refractivity contribution in [3.8, 4) is 5.69 Å². The quantitative estimate of drug-likeness (QED) is 0.394. The average Bonchev–Trinajstić information content (AvgIpc) is 3.27. The van der Waals surface area contributed by atoms with Crippen molar-refractivity contribution in [1.82, 2.24) is 14.8 Å². The second kappa shape index (κ2) is 9.97. The first-order valence-corrected chi connectivity index (χ1v) is 11.5. The highest BCUT2D eigenvalue weighted by Crippen LogP contribution is 2.37. The van der Waals surface area contributed by atoms with Crippen LogP contribution in [0.3, 0.4) is 0 Å². The molecule has 2 heterocycles. The van der Waals surface area contributed by atoms with Crippen molar-refractivity contribution in [2.75, 3.05) is 18.9 Å². The van der Waals surface area contributed by atoms with Gasteiger partial charge in [-0.3, -0.25) is 4.57 Å². The molecule has 0 radical (unpaired) electrons. The van der Waals surface area contributed by atoms with Crippen molar-refractivity contribution in [3.63, 3.8) is 0 Å². The number of esters is 2. The first-order valence-electron chi connectivity index (χ1n) is 9.74. The van der Waals surface area contributed by atoms with E-state index < -0.39 is 11.9 Å². The number of hydrogen-bond donors (Lipinski definition) is 1. The summed E-state index contributed by atoms with van der Waals surface area (Å²) in [5, 5.41) is 9.33. The van der Waals surface area contributed by atoms with Gasteiger partial charge in [0, 0.05) is 17.0 Å². The highest BCUT2D eigenvalue weighted by molar-refractivity contribution is 7.98. The summed E-state index contributed by atoms with van der Waals surface area (Å²) in [5.41, 5.74) is 8.85. The number of carbonyl (C=O) groups is 2. The van der Waals surface area contributed by atoms with Crippen LogP contribution in [-0.4, -0.2) is 39.9 Å². The Kier molecular flexibility index (Phi) is 7.34. The van der Waals surface area contributed by atoms with E-state index in [1.807, 2.05) is 42.7 Å². The van der Waals surface area contributed by atoms with Gasteiger partial charge in [0.1, 0.15) is 15.7 Å². The van der Waals surface area contributed by atoms with Gasteiger partial charge in [-0.2, -0.15) is 0 Å². The Hall–Kier alpha value is -2.85. The van der Waals surface area contributed by atoms with E-state index >= 15 is 0 Å². The van der Waals surface area contributed by atoms with Crippen molar-refractivity contribution in [3.05, 3.63) is 51.7 Å². The molecule has 0 bridgehead atoms. The lowest BCUT2D eigenvalue weighted by molar-refractivity contribution is 0.0527. The van der Waals surface area contributed by atoms with Crippen molar-refractivity contribution in [1.29, 1.82) is 0 Å². The zero-order chi connectivity index (χ0) is 22.5. The Morgan fingerprint density at radius 2 is 1.71 bits per heavy atom. The van der Waals surface area contributed by atoms with Crippen LogP contribution in [0.1, 0.15) is 50.8 Å². The molecule has 0 saturated heterocycles. The molecule has 2 aromatic heterocycles. The van der Waals surface area contributed by atoms with Crippen LogP contribution < -0.4 is 5.73 Å². The number of anilines is 1. The van der Waals surface area contributed by atoms with Crippen LogP contribution in [-0.2, 0) is 15.2 Å². The van der Waals surface area contributed by atoms with Gasteiger partial charge < -0.3 is 15.2 Å². The molecule has 3 aromatic rings. The zero-order valence-electron chi connectivity index (χ0n) is 17.8. The second-order valence-electron chi connectivity index (χ2n) is 6.58.